The van der Waals surface area contributed by atoms with Crippen molar-refractivity contribution in [2.24, 2.45) is 5.84 Å². The van der Waals surface area contributed by atoms with Gasteiger partial charge in [-0.25, -0.2) is 15.8 Å². The standard InChI is InChI=1S/C13H21N5O/c1-8-11(17-14)15-12(9-3-4-9)16-13(8)18-6-5-10(7-18)19-2/h9-10H,3-7,14H2,1-2H3,(H,15,16,17). The molecule has 2 fully saturated rings. The van der Waals surface area contributed by atoms with E-state index in [1.807, 2.05) is 6.92 Å². The van der Waals surface area contributed by atoms with Crippen LogP contribution in [0.4, 0.5) is 11.6 Å². The predicted molar refractivity (Wildman–Crippen MR) is 74.2 cm³/mol. The van der Waals surface area contributed by atoms with Gasteiger partial charge in [-0.1, -0.05) is 0 Å². The number of hydrogen-bond donors (Lipinski definition) is 2. The van der Waals surface area contributed by atoms with Crippen molar-refractivity contribution in [1.82, 2.24) is 9.97 Å². The van der Waals surface area contributed by atoms with Gasteiger partial charge in [0.25, 0.3) is 0 Å². The van der Waals surface area contributed by atoms with E-state index in [9.17, 15) is 0 Å². The van der Waals surface area contributed by atoms with Crippen LogP contribution in [0.1, 0.15) is 36.6 Å². The lowest BCUT2D eigenvalue weighted by molar-refractivity contribution is 0.121. The molecule has 2 heterocycles. The van der Waals surface area contributed by atoms with E-state index in [-0.39, 0.29) is 0 Å². The summed E-state index contributed by atoms with van der Waals surface area (Å²) in [7, 11) is 1.77. The van der Waals surface area contributed by atoms with Crippen molar-refractivity contribution in [3.63, 3.8) is 0 Å². The van der Waals surface area contributed by atoms with Gasteiger partial charge in [0.05, 0.1) is 6.10 Å². The van der Waals surface area contributed by atoms with E-state index in [1.54, 1.807) is 7.11 Å². The van der Waals surface area contributed by atoms with Gasteiger partial charge < -0.3 is 15.1 Å². The quantitative estimate of drug-likeness (QED) is 0.627. The van der Waals surface area contributed by atoms with Crippen molar-refractivity contribution in [2.75, 3.05) is 30.5 Å². The van der Waals surface area contributed by atoms with E-state index in [0.717, 1.165) is 42.5 Å². The summed E-state index contributed by atoms with van der Waals surface area (Å²) in [5, 5.41) is 0. The summed E-state index contributed by atoms with van der Waals surface area (Å²) in [6, 6.07) is 0. The Bertz CT molecular complexity index is 474. The number of nitrogen functional groups attached to an aromatic ring is 1. The Morgan fingerprint density at radius 3 is 2.68 bits per heavy atom. The highest BCUT2D eigenvalue weighted by Gasteiger charge is 2.31. The largest absolute Gasteiger partial charge is 0.380 e. The molecule has 1 aromatic heterocycles. The van der Waals surface area contributed by atoms with Gasteiger partial charge in [-0.15, -0.1) is 0 Å². The van der Waals surface area contributed by atoms with Crippen LogP contribution in [0.3, 0.4) is 0 Å². The monoisotopic (exact) mass is 263 g/mol. The second-order valence-corrected chi connectivity index (χ2v) is 5.39. The molecule has 3 rings (SSSR count). The van der Waals surface area contributed by atoms with E-state index >= 15 is 0 Å². The van der Waals surface area contributed by atoms with Crippen LogP contribution >= 0.6 is 0 Å². The first kappa shape index (κ1) is 12.6. The van der Waals surface area contributed by atoms with E-state index in [2.05, 4.69) is 15.3 Å². The van der Waals surface area contributed by atoms with Crippen LogP contribution in [0.15, 0.2) is 0 Å². The number of aromatic nitrogens is 2. The summed E-state index contributed by atoms with van der Waals surface area (Å²) in [4.78, 5) is 11.6. The van der Waals surface area contributed by atoms with Gasteiger partial charge in [-0.3, -0.25) is 0 Å². The molecule has 0 radical (unpaired) electrons. The van der Waals surface area contributed by atoms with Crippen LogP contribution in [0, 0.1) is 6.92 Å². The number of ether oxygens (including phenoxy) is 1. The molecule has 1 aromatic rings. The lowest BCUT2D eigenvalue weighted by Crippen LogP contribution is -2.25. The molecule has 1 atom stereocenters. The van der Waals surface area contributed by atoms with Crippen molar-refractivity contribution in [3.05, 3.63) is 11.4 Å². The Labute approximate surface area is 113 Å². The van der Waals surface area contributed by atoms with Crippen LogP contribution < -0.4 is 16.2 Å². The molecular formula is C13H21N5O. The molecule has 0 amide bonds. The van der Waals surface area contributed by atoms with Crippen molar-refractivity contribution >= 4 is 11.6 Å². The highest BCUT2D eigenvalue weighted by Crippen LogP contribution is 2.40. The maximum Gasteiger partial charge on any atom is 0.148 e. The minimum Gasteiger partial charge on any atom is -0.380 e. The SMILES string of the molecule is COC1CCN(c2nc(C3CC3)nc(NN)c2C)C1. The molecule has 104 valence electrons. The maximum absolute atomic E-state index is 5.58. The minimum absolute atomic E-state index is 0.299. The van der Waals surface area contributed by atoms with Crippen molar-refractivity contribution in [1.29, 1.82) is 0 Å². The summed E-state index contributed by atoms with van der Waals surface area (Å²) in [6.07, 6.45) is 3.72. The summed E-state index contributed by atoms with van der Waals surface area (Å²) in [5.41, 5.74) is 3.72. The summed E-state index contributed by atoms with van der Waals surface area (Å²) < 4.78 is 5.42. The van der Waals surface area contributed by atoms with Gasteiger partial charge in [0.15, 0.2) is 0 Å². The smallest absolute Gasteiger partial charge is 0.148 e. The van der Waals surface area contributed by atoms with Crippen LogP contribution in [0.5, 0.6) is 0 Å². The molecule has 1 unspecified atom stereocenters. The molecular weight excluding hydrogens is 242 g/mol. The number of hydrogen-bond acceptors (Lipinski definition) is 6. The highest BCUT2D eigenvalue weighted by atomic mass is 16.5. The van der Waals surface area contributed by atoms with Crippen LogP contribution in [0.2, 0.25) is 0 Å². The molecule has 6 nitrogen and oxygen atoms in total. The Kier molecular flexibility index (Phi) is 3.28. The van der Waals surface area contributed by atoms with E-state index in [1.165, 1.54) is 12.8 Å². The second kappa shape index (κ2) is 4.94. The second-order valence-electron chi connectivity index (χ2n) is 5.39. The zero-order valence-electron chi connectivity index (χ0n) is 11.5. The van der Waals surface area contributed by atoms with E-state index in [4.69, 9.17) is 15.6 Å². The number of methoxy groups -OCH3 is 1. The highest BCUT2D eigenvalue weighted by molar-refractivity contribution is 5.59. The Morgan fingerprint density at radius 2 is 2.11 bits per heavy atom. The Hall–Kier alpha value is -1.40. The van der Waals surface area contributed by atoms with E-state index < -0.39 is 0 Å². The molecule has 1 aliphatic heterocycles. The number of nitrogens with two attached hydrogens (primary N) is 1. The van der Waals surface area contributed by atoms with Crippen molar-refractivity contribution in [3.8, 4) is 0 Å². The minimum atomic E-state index is 0.299. The zero-order valence-corrected chi connectivity index (χ0v) is 11.5. The first-order valence-electron chi connectivity index (χ1n) is 6.85. The molecule has 1 saturated heterocycles. The van der Waals surface area contributed by atoms with E-state index in [0.29, 0.717) is 12.0 Å². The summed E-state index contributed by atoms with van der Waals surface area (Å²) in [5.74, 6) is 8.77. The molecule has 1 aliphatic carbocycles. The first-order chi connectivity index (χ1) is 9.22. The third-order valence-electron chi connectivity index (χ3n) is 3.99. The lowest BCUT2D eigenvalue weighted by atomic mass is 10.2. The molecule has 6 heteroatoms. The summed E-state index contributed by atoms with van der Waals surface area (Å²) in [6.45, 7) is 3.88. The van der Waals surface area contributed by atoms with Gasteiger partial charge >= 0.3 is 0 Å². The molecule has 0 aromatic carbocycles. The van der Waals surface area contributed by atoms with Crippen molar-refractivity contribution in [2.45, 2.75) is 38.2 Å². The average molecular weight is 263 g/mol. The lowest BCUT2D eigenvalue weighted by Gasteiger charge is -2.21. The van der Waals surface area contributed by atoms with Gasteiger partial charge in [-0.05, 0) is 26.2 Å². The van der Waals surface area contributed by atoms with Crippen LogP contribution in [-0.2, 0) is 4.74 Å². The van der Waals surface area contributed by atoms with Gasteiger partial charge in [0, 0.05) is 31.7 Å². The fraction of sp³-hybridized carbons (Fsp3) is 0.692. The first-order valence-corrected chi connectivity index (χ1v) is 6.85. The molecule has 3 N–H and O–H groups in total. The van der Waals surface area contributed by atoms with Gasteiger partial charge in [0.2, 0.25) is 0 Å². The van der Waals surface area contributed by atoms with Gasteiger partial charge in [0.1, 0.15) is 17.5 Å². The maximum atomic E-state index is 5.58. The molecule has 2 aliphatic rings. The number of nitrogens with zero attached hydrogens (tertiary/aromatic N) is 3. The molecule has 0 spiro atoms. The average Bonchev–Trinajstić information content (AvgIpc) is 3.17. The predicted octanol–water partition coefficient (Wildman–Crippen LogP) is 1.17. The van der Waals surface area contributed by atoms with Crippen LogP contribution in [-0.4, -0.2) is 36.3 Å². The Morgan fingerprint density at radius 1 is 1.32 bits per heavy atom. The number of nitrogens with one attached hydrogen (secondary N) is 1. The third kappa shape index (κ3) is 2.37. The number of rotatable bonds is 4. The Balaban J connectivity index is 1.92. The fourth-order valence-corrected chi connectivity index (χ4v) is 2.61. The zero-order chi connectivity index (χ0) is 13.4. The number of anilines is 2. The number of hydrazine groups is 1. The topological polar surface area (TPSA) is 76.3 Å². The van der Waals surface area contributed by atoms with Crippen molar-refractivity contribution < 1.29 is 4.74 Å². The normalized spacial score (nSPS) is 22.9. The molecule has 0 bridgehead atoms. The van der Waals surface area contributed by atoms with Gasteiger partial charge in [-0.2, -0.15) is 0 Å². The van der Waals surface area contributed by atoms with Crippen LogP contribution in [0.25, 0.3) is 0 Å². The fourth-order valence-electron chi connectivity index (χ4n) is 2.61. The molecule has 19 heavy (non-hydrogen) atoms. The molecule has 1 saturated carbocycles. The summed E-state index contributed by atoms with van der Waals surface area (Å²) >= 11 is 0. The third-order valence-corrected chi connectivity index (χ3v) is 3.99.